The zero-order valence-electron chi connectivity index (χ0n) is 25.7. The van der Waals surface area contributed by atoms with Crippen LogP contribution < -0.4 is 18.9 Å². The maximum absolute atomic E-state index is 13.4. The zero-order valence-corrected chi connectivity index (χ0v) is 25.7. The molecular formula is C34H40N2O9. The Morgan fingerprint density at radius 1 is 0.933 bits per heavy atom. The number of piperidine rings is 1. The topological polar surface area (TPSA) is 141 Å². The van der Waals surface area contributed by atoms with Crippen molar-refractivity contribution in [2.45, 2.75) is 104 Å². The van der Waals surface area contributed by atoms with Crippen LogP contribution >= 0.6 is 0 Å². The van der Waals surface area contributed by atoms with Gasteiger partial charge in [0, 0.05) is 23.2 Å². The van der Waals surface area contributed by atoms with Gasteiger partial charge in [-0.15, -0.1) is 0 Å². The van der Waals surface area contributed by atoms with Crippen LogP contribution in [0.2, 0.25) is 0 Å². The van der Waals surface area contributed by atoms with Crippen molar-refractivity contribution in [2.75, 3.05) is 27.7 Å². The van der Waals surface area contributed by atoms with Crippen molar-refractivity contribution in [3.05, 3.63) is 46.5 Å². The Hall–Kier alpha value is -2.93. The molecule has 240 valence electrons. The van der Waals surface area contributed by atoms with Crippen LogP contribution in [0.1, 0.15) is 60.3 Å². The first kappa shape index (κ1) is 28.3. The fourth-order valence-electron chi connectivity index (χ4n) is 10.6. The van der Waals surface area contributed by atoms with Gasteiger partial charge in [0.2, 0.25) is 0 Å². The first-order valence-corrected chi connectivity index (χ1v) is 16.2. The SMILES string of the molecule is CN1CC[C@]23c4c5ccc(OC(=O)Oc6ccc7c8c6O[C@@H]6C8[C@@](O)(CC[C@@H]6O)[C@H](N(C)C)C7)c4O[C@H]2[C@@H](O)CC[C@@]3(O)C1C5. The number of ether oxygens (including phenoxy) is 4. The van der Waals surface area contributed by atoms with Gasteiger partial charge in [-0.1, -0.05) is 12.1 Å². The van der Waals surface area contributed by atoms with Gasteiger partial charge >= 0.3 is 6.16 Å². The Kier molecular flexibility index (Phi) is 5.73. The van der Waals surface area contributed by atoms with Gasteiger partial charge in [-0.2, -0.15) is 0 Å². The number of carbonyl (C=O) groups is 1. The van der Waals surface area contributed by atoms with E-state index < -0.39 is 53.1 Å². The molecule has 2 saturated carbocycles. The van der Waals surface area contributed by atoms with Crippen molar-refractivity contribution in [3.8, 4) is 23.0 Å². The maximum Gasteiger partial charge on any atom is 0.519 e. The lowest BCUT2D eigenvalue weighted by Crippen LogP contribution is -2.76. The molecule has 3 aliphatic heterocycles. The molecule has 1 saturated heterocycles. The number of aliphatic hydroxyl groups excluding tert-OH is 2. The Bertz CT molecular complexity index is 1630. The summed E-state index contributed by atoms with van der Waals surface area (Å²) in [5.41, 5.74) is 0.706. The molecule has 2 aromatic rings. The highest BCUT2D eigenvalue weighted by molar-refractivity contribution is 5.73. The zero-order chi connectivity index (χ0) is 31.2. The number of benzene rings is 2. The van der Waals surface area contributed by atoms with E-state index in [9.17, 15) is 25.2 Å². The van der Waals surface area contributed by atoms with Crippen molar-refractivity contribution in [2.24, 2.45) is 0 Å². The van der Waals surface area contributed by atoms with E-state index in [-0.39, 0.29) is 23.6 Å². The number of carbonyl (C=O) groups excluding carboxylic acids is 1. The average Bonchev–Trinajstić information content (AvgIpc) is 3.59. The van der Waals surface area contributed by atoms with Crippen molar-refractivity contribution in [1.82, 2.24) is 9.80 Å². The summed E-state index contributed by atoms with van der Waals surface area (Å²) < 4.78 is 24.3. The summed E-state index contributed by atoms with van der Waals surface area (Å²) >= 11 is 0. The molecule has 4 aliphatic carbocycles. The van der Waals surface area contributed by atoms with Gasteiger partial charge in [0.15, 0.2) is 23.0 Å². The molecule has 2 aromatic carbocycles. The highest BCUT2D eigenvalue weighted by Gasteiger charge is 2.72. The molecule has 11 heteroatoms. The summed E-state index contributed by atoms with van der Waals surface area (Å²) in [4.78, 5) is 17.7. The molecule has 1 spiro atoms. The summed E-state index contributed by atoms with van der Waals surface area (Å²) in [5.74, 6) is 0.635. The maximum atomic E-state index is 13.4. The van der Waals surface area contributed by atoms with Crippen molar-refractivity contribution in [1.29, 1.82) is 0 Å². The van der Waals surface area contributed by atoms with Gasteiger partial charge < -0.3 is 49.2 Å². The fraction of sp³-hybridized carbons (Fsp3) is 0.618. The summed E-state index contributed by atoms with van der Waals surface area (Å²) in [6, 6.07) is 6.97. The van der Waals surface area contributed by atoms with Crippen LogP contribution in [0.25, 0.3) is 0 Å². The van der Waals surface area contributed by atoms with Gasteiger partial charge in [0.1, 0.15) is 12.2 Å². The highest BCUT2D eigenvalue weighted by Crippen LogP contribution is 2.65. The van der Waals surface area contributed by atoms with Gasteiger partial charge in [0.25, 0.3) is 0 Å². The van der Waals surface area contributed by atoms with Crippen LogP contribution in [0.3, 0.4) is 0 Å². The lowest BCUT2D eigenvalue weighted by Gasteiger charge is -2.63. The van der Waals surface area contributed by atoms with Gasteiger partial charge in [-0.25, -0.2) is 4.79 Å². The number of hydrogen-bond donors (Lipinski definition) is 4. The van der Waals surface area contributed by atoms with E-state index in [1.807, 2.05) is 38.2 Å². The molecule has 9 rings (SSSR count). The lowest BCUT2D eigenvalue weighted by atomic mass is 9.49. The van der Waals surface area contributed by atoms with Crippen LogP contribution in [0.4, 0.5) is 4.79 Å². The summed E-state index contributed by atoms with van der Waals surface area (Å²) in [6.07, 6.45) is -0.178. The number of hydrogen-bond acceptors (Lipinski definition) is 11. The second kappa shape index (κ2) is 9.11. The van der Waals surface area contributed by atoms with Crippen LogP contribution in [0, 0.1) is 0 Å². The first-order valence-electron chi connectivity index (χ1n) is 16.2. The monoisotopic (exact) mass is 620 g/mol. The number of likely N-dealkylation sites (tertiary alicyclic amines) is 1. The Morgan fingerprint density at radius 2 is 1.64 bits per heavy atom. The van der Waals surface area contributed by atoms with E-state index in [0.717, 1.165) is 28.8 Å². The molecule has 10 atom stereocenters. The average molecular weight is 621 g/mol. The molecule has 45 heavy (non-hydrogen) atoms. The van der Waals surface area contributed by atoms with E-state index >= 15 is 0 Å². The number of likely N-dealkylation sites (N-methyl/N-ethyl adjacent to an activating group) is 2. The molecule has 0 aromatic heterocycles. The minimum atomic E-state index is -1.09. The molecule has 4 N–H and O–H groups in total. The number of rotatable bonds is 3. The van der Waals surface area contributed by atoms with Crippen LogP contribution in [0.15, 0.2) is 24.3 Å². The fourth-order valence-corrected chi connectivity index (χ4v) is 10.6. The number of aliphatic hydroxyl groups is 4. The molecule has 0 amide bonds. The van der Waals surface area contributed by atoms with E-state index in [2.05, 4.69) is 4.90 Å². The quantitative estimate of drug-likeness (QED) is 0.294. The van der Waals surface area contributed by atoms with Crippen LogP contribution in [-0.4, -0.2) is 112 Å². The Balaban J connectivity index is 1.05. The van der Waals surface area contributed by atoms with Crippen molar-refractivity contribution < 1.29 is 44.2 Å². The van der Waals surface area contributed by atoms with E-state index in [1.165, 1.54) is 0 Å². The third-order valence-electron chi connectivity index (χ3n) is 12.6. The molecule has 3 heterocycles. The molecular weight excluding hydrogens is 580 g/mol. The van der Waals surface area contributed by atoms with Crippen LogP contribution in [-0.2, 0) is 18.3 Å². The molecule has 3 fully saturated rings. The second-order valence-corrected chi connectivity index (χ2v) is 14.7. The lowest BCUT2D eigenvalue weighted by molar-refractivity contribution is -0.204. The summed E-state index contributed by atoms with van der Waals surface area (Å²) in [5, 5.41) is 46.2. The minimum absolute atomic E-state index is 0.0928. The largest absolute Gasteiger partial charge is 0.519 e. The van der Waals surface area contributed by atoms with Crippen LogP contribution in [0.5, 0.6) is 23.0 Å². The predicted octanol–water partition coefficient (Wildman–Crippen LogP) is 1.63. The highest BCUT2D eigenvalue weighted by atomic mass is 16.7. The normalized spacial score (nSPS) is 41.6. The van der Waals surface area contributed by atoms with E-state index in [4.69, 9.17) is 18.9 Å². The molecule has 2 bridgehead atoms. The Labute approximate surface area is 261 Å². The van der Waals surface area contributed by atoms with E-state index in [0.29, 0.717) is 56.4 Å². The van der Waals surface area contributed by atoms with E-state index in [1.54, 1.807) is 12.1 Å². The first-order chi connectivity index (χ1) is 21.5. The van der Waals surface area contributed by atoms with Crippen molar-refractivity contribution >= 4 is 6.16 Å². The van der Waals surface area contributed by atoms with Gasteiger partial charge in [-0.3, -0.25) is 0 Å². The minimum Gasteiger partial charge on any atom is -0.483 e. The molecule has 11 nitrogen and oxygen atoms in total. The smallest absolute Gasteiger partial charge is 0.483 e. The summed E-state index contributed by atoms with van der Waals surface area (Å²) in [6.45, 7) is 0.758. The second-order valence-electron chi connectivity index (χ2n) is 14.7. The third kappa shape index (κ3) is 3.39. The van der Waals surface area contributed by atoms with Gasteiger partial charge in [-0.05, 0) is 95.9 Å². The third-order valence-corrected chi connectivity index (χ3v) is 12.6. The van der Waals surface area contributed by atoms with Gasteiger partial charge in [0.05, 0.1) is 34.7 Å². The standard InChI is InChI=1S/C34H40N2O9/c1-35(2)22-14-16-4-6-20(28-24(16)26-27(44-28)18(37)8-10-33(22,26)40)42-31(39)43-21-7-5-17-15-23-34(41)11-9-19(38)30-32(34,12-13-36(23)3)25(17)29(21)45-30/h4-7,18-19,22-23,26-27,30,37-38,40-41H,8-15H2,1-3H3/t18-,19-,22+,23?,26?,27-,30-,32-,33+,34+/m0/s1. The summed E-state index contributed by atoms with van der Waals surface area (Å²) in [7, 11) is 5.94. The molecule has 2 unspecified atom stereocenters. The molecule has 0 radical (unpaired) electrons. The molecule has 7 aliphatic rings. The number of nitrogens with zero attached hydrogens (tertiary/aromatic N) is 2. The van der Waals surface area contributed by atoms with Crippen molar-refractivity contribution in [3.63, 3.8) is 0 Å². The Morgan fingerprint density at radius 3 is 2.40 bits per heavy atom. The predicted molar refractivity (Wildman–Crippen MR) is 159 cm³/mol.